The molecule has 0 saturated carbocycles. The molecule has 0 spiro atoms. The van der Waals surface area contributed by atoms with Crippen molar-refractivity contribution in [2.45, 2.75) is 46.3 Å². The first kappa shape index (κ1) is 26.8. The summed E-state index contributed by atoms with van der Waals surface area (Å²) in [6.45, 7) is 2.24. The van der Waals surface area contributed by atoms with Gasteiger partial charge in [-0.15, -0.1) is 0 Å². The highest BCUT2D eigenvalue weighted by atomic mass is 35.5. The van der Waals surface area contributed by atoms with Crippen LogP contribution >= 0.6 is 11.6 Å². The maximum Gasteiger partial charge on any atom is 0.312 e. The predicted molar refractivity (Wildman–Crippen MR) is 128 cm³/mol. The number of hydrogen-bond donors (Lipinski definition) is 2. The van der Waals surface area contributed by atoms with Crippen LogP contribution in [0.4, 0.5) is 0 Å². The van der Waals surface area contributed by atoms with Gasteiger partial charge in [0.05, 0.1) is 6.04 Å². The van der Waals surface area contributed by atoms with E-state index in [9.17, 15) is 24.3 Å². The minimum Gasteiger partial charge on any atom is -0.501 e. The lowest BCUT2D eigenvalue weighted by molar-refractivity contribution is -0.151. The Morgan fingerprint density at radius 2 is 1.91 bits per heavy atom. The molecule has 0 saturated heterocycles. The number of halogens is 1. The minimum atomic E-state index is -0.770. The Morgan fingerprint density at radius 1 is 1.24 bits per heavy atom. The molecule has 11 heteroatoms. The lowest BCUT2D eigenvalue weighted by Gasteiger charge is -2.33. The summed E-state index contributed by atoms with van der Waals surface area (Å²) in [6.07, 6.45) is 0.981. The van der Waals surface area contributed by atoms with Crippen molar-refractivity contribution in [1.82, 2.24) is 24.7 Å². The van der Waals surface area contributed by atoms with Crippen LogP contribution in [-0.2, 0) is 22.7 Å². The molecule has 184 valence electrons. The van der Waals surface area contributed by atoms with Crippen molar-refractivity contribution < 1.29 is 19.5 Å². The molecule has 0 fully saturated rings. The molecule has 2 N–H and O–H groups in total. The topological polar surface area (TPSA) is 125 Å². The number of amides is 3. The number of rotatable bonds is 4. The average molecular weight is 492 g/mol. The summed E-state index contributed by atoms with van der Waals surface area (Å²) in [6, 6.07) is 4.63. The quantitative estimate of drug-likeness (QED) is 0.629. The largest absolute Gasteiger partial charge is 0.501 e. The van der Waals surface area contributed by atoms with E-state index >= 15 is 0 Å². The fraction of sp³-hybridized carbons (Fsp3) is 0.435. The monoisotopic (exact) mass is 491 g/mol. The third-order valence-corrected chi connectivity index (χ3v) is 6.02. The number of nitrogens with one attached hydrogen (secondary N) is 1. The van der Waals surface area contributed by atoms with Crippen LogP contribution < -0.4 is 10.9 Å². The highest BCUT2D eigenvalue weighted by molar-refractivity contribution is 6.34. The lowest BCUT2D eigenvalue weighted by Crippen LogP contribution is -2.45. The van der Waals surface area contributed by atoms with Crippen LogP contribution in [0.15, 0.2) is 23.0 Å². The third-order valence-electron chi connectivity index (χ3n) is 5.61. The third kappa shape index (κ3) is 5.22. The van der Waals surface area contributed by atoms with E-state index in [-0.39, 0.29) is 26.3 Å². The molecule has 1 aromatic carbocycles. The molecule has 10 nitrogen and oxygen atoms in total. The van der Waals surface area contributed by atoms with Crippen molar-refractivity contribution in [2.24, 2.45) is 0 Å². The van der Waals surface area contributed by atoms with Gasteiger partial charge in [-0.25, -0.2) is 4.98 Å². The number of aromatic hydroxyl groups is 1. The second-order valence-electron chi connectivity index (χ2n) is 8.16. The van der Waals surface area contributed by atoms with Gasteiger partial charge in [0, 0.05) is 39.3 Å². The molecule has 1 aliphatic heterocycles. The van der Waals surface area contributed by atoms with Crippen molar-refractivity contribution in [1.29, 1.82) is 0 Å². The van der Waals surface area contributed by atoms with E-state index in [4.69, 9.17) is 11.6 Å². The number of fused-ring (bicyclic) bond motifs is 1. The van der Waals surface area contributed by atoms with Crippen molar-refractivity contribution in [3.05, 3.63) is 56.2 Å². The summed E-state index contributed by atoms with van der Waals surface area (Å²) >= 11 is 6.12. The van der Waals surface area contributed by atoms with Crippen LogP contribution in [0.1, 0.15) is 53.7 Å². The van der Waals surface area contributed by atoms with Gasteiger partial charge < -0.3 is 20.2 Å². The van der Waals surface area contributed by atoms with Gasteiger partial charge in [-0.2, -0.15) is 0 Å². The standard InChI is InChI=1S/C22H26ClN5O5.CH4/c1-12-7-8-13(10-14(12)23)11-24-19(30)16-17(29)20(31)28-9-5-6-15(18(28)25-16)27(4)22(33)21(32)26(2)3;/h7-8,10,15,29H,5-6,9,11H2,1-4H3,(H,24,30);1H4. The summed E-state index contributed by atoms with van der Waals surface area (Å²) in [4.78, 5) is 56.9. The molecule has 1 unspecified atom stereocenters. The number of aryl methyl sites for hydroxylation is 1. The zero-order chi connectivity index (χ0) is 24.4. The molecular formula is C23H30ClN5O5. The van der Waals surface area contributed by atoms with Gasteiger partial charge in [-0.05, 0) is 37.0 Å². The molecule has 2 heterocycles. The molecular weight excluding hydrogens is 462 g/mol. The molecule has 0 radical (unpaired) electrons. The van der Waals surface area contributed by atoms with Crippen LogP contribution in [0.2, 0.25) is 5.02 Å². The van der Waals surface area contributed by atoms with E-state index in [1.54, 1.807) is 12.1 Å². The van der Waals surface area contributed by atoms with Crippen molar-refractivity contribution in [2.75, 3.05) is 21.1 Å². The zero-order valence-electron chi connectivity index (χ0n) is 18.9. The van der Waals surface area contributed by atoms with E-state index in [2.05, 4.69) is 10.3 Å². The first-order chi connectivity index (χ1) is 15.5. The Hall–Kier alpha value is -3.40. The number of likely N-dealkylation sites (N-methyl/N-ethyl adjacent to an activating group) is 2. The predicted octanol–water partition coefficient (Wildman–Crippen LogP) is 1.86. The normalized spacial score (nSPS) is 14.4. The number of nitrogens with zero attached hydrogens (tertiary/aromatic N) is 4. The van der Waals surface area contributed by atoms with Crippen LogP contribution in [-0.4, -0.2) is 63.3 Å². The first-order valence-electron chi connectivity index (χ1n) is 10.4. The average Bonchev–Trinajstić information content (AvgIpc) is 2.79. The number of hydrogen-bond acceptors (Lipinski definition) is 6. The van der Waals surface area contributed by atoms with E-state index in [0.717, 1.165) is 16.0 Å². The van der Waals surface area contributed by atoms with Crippen molar-refractivity contribution >= 4 is 29.3 Å². The molecule has 0 aliphatic carbocycles. The Bertz CT molecular complexity index is 1180. The molecule has 1 aliphatic rings. The number of benzene rings is 1. The molecule has 2 aromatic rings. The summed E-state index contributed by atoms with van der Waals surface area (Å²) in [5.74, 6) is -2.84. The highest BCUT2D eigenvalue weighted by Gasteiger charge is 2.34. The van der Waals surface area contributed by atoms with E-state index in [0.29, 0.717) is 17.9 Å². The summed E-state index contributed by atoms with van der Waals surface area (Å²) in [5.41, 5.74) is 0.425. The second-order valence-corrected chi connectivity index (χ2v) is 8.57. The van der Waals surface area contributed by atoms with Crippen LogP contribution in [0.3, 0.4) is 0 Å². The molecule has 0 bridgehead atoms. The van der Waals surface area contributed by atoms with E-state index in [1.807, 2.05) is 13.0 Å². The Labute approximate surface area is 203 Å². The number of carbonyl (C=O) groups is 3. The fourth-order valence-electron chi connectivity index (χ4n) is 3.62. The Morgan fingerprint density at radius 3 is 2.53 bits per heavy atom. The Balaban J connectivity index is 0.00000408. The molecule has 1 aromatic heterocycles. The highest BCUT2D eigenvalue weighted by Crippen LogP contribution is 2.29. The molecule has 3 amide bonds. The zero-order valence-corrected chi connectivity index (χ0v) is 19.6. The first-order valence-corrected chi connectivity index (χ1v) is 10.8. The summed E-state index contributed by atoms with van der Waals surface area (Å²) in [5, 5.41) is 13.6. The maximum atomic E-state index is 12.8. The van der Waals surface area contributed by atoms with Gasteiger partial charge in [0.2, 0.25) is 5.75 Å². The number of carbonyl (C=O) groups excluding carboxylic acids is 3. The molecule has 3 rings (SSSR count). The maximum absolute atomic E-state index is 12.8. The van der Waals surface area contributed by atoms with Crippen LogP contribution in [0.5, 0.6) is 5.75 Å². The van der Waals surface area contributed by atoms with E-state index in [1.165, 1.54) is 30.6 Å². The smallest absolute Gasteiger partial charge is 0.312 e. The van der Waals surface area contributed by atoms with Gasteiger partial charge in [0.25, 0.3) is 11.5 Å². The van der Waals surface area contributed by atoms with Gasteiger partial charge in [0.15, 0.2) is 5.69 Å². The molecule has 1 atom stereocenters. The lowest BCUT2D eigenvalue weighted by atomic mass is 10.0. The van der Waals surface area contributed by atoms with Gasteiger partial charge >= 0.3 is 11.8 Å². The van der Waals surface area contributed by atoms with E-state index < -0.39 is 40.8 Å². The van der Waals surface area contributed by atoms with Crippen LogP contribution in [0, 0.1) is 6.92 Å². The van der Waals surface area contributed by atoms with Gasteiger partial charge in [0.1, 0.15) is 5.82 Å². The van der Waals surface area contributed by atoms with Crippen LogP contribution in [0.25, 0.3) is 0 Å². The second kappa shape index (κ2) is 10.7. The van der Waals surface area contributed by atoms with Crippen molar-refractivity contribution in [3.63, 3.8) is 0 Å². The van der Waals surface area contributed by atoms with Gasteiger partial charge in [-0.3, -0.25) is 23.7 Å². The number of aromatic nitrogens is 2. The van der Waals surface area contributed by atoms with Crippen molar-refractivity contribution in [3.8, 4) is 5.75 Å². The minimum absolute atomic E-state index is 0. The molecule has 34 heavy (non-hydrogen) atoms. The SMILES string of the molecule is C.Cc1ccc(CNC(=O)c2nc3n(c(=O)c2O)CCCC3N(C)C(=O)C(=O)N(C)C)cc1Cl. The summed E-state index contributed by atoms with van der Waals surface area (Å²) < 4.78 is 1.24. The fourth-order valence-corrected chi connectivity index (χ4v) is 3.83. The Kier molecular flexibility index (Phi) is 8.44. The summed E-state index contributed by atoms with van der Waals surface area (Å²) in [7, 11) is 4.38. The van der Waals surface area contributed by atoms with Gasteiger partial charge in [-0.1, -0.05) is 31.2 Å².